The van der Waals surface area contributed by atoms with E-state index >= 15 is 0 Å². The largest absolute Gasteiger partial charge is 0.292 e. The number of pyridine rings is 1. The molecule has 3 rings (SSSR count). The second-order valence-electron chi connectivity index (χ2n) is 6.63. The number of amides is 2. The van der Waals surface area contributed by atoms with Crippen molar-refractivity contribution in [1.82, 2.24) is 9.99 Å². The molecule has 1 aliphatic rings. The summed E-state index contributed by atoms with van der Waals surface area (Å²) in [5.41, 5.74) is 0.337. The predicted molar refractivity (Wildman–Crippen MR) is 95.8 cm³/mol. The van der Waals surface area contributed by atoms with E-state index in [0.29, 0.717) is 27.6 Å². The molecule has 6 nitrogen and oxygen atoms in total. The van der Waals surface area contributed by atoms with Crippen LogP contribution >= 0.6 is 22.9 Å². The molecule has 1 aliphatic heterocycles. The molecule has 2 aromatic heterocycles. The topological polar surface area (TPSA) is 70.6 Å². The van der Waals surface area contributed by atoms with Gasteiger partial charge < -0.3 is 0 Å². The Balaban J connectivity index is 2.09. The molecule has 2 amide bonds. The van der Waals surface area contributed by atoms with Gasteiger partial charge in [0.05, 0.1) is 21.1 Å². The highest BCUT2D eigenvalue weighted by Crippen LogP contribution is 2.41. The van der Waals surface area contributed by atoms with E-state index in [4.69, 9.17) is 11.6 Å². The van der Waals surface area contributed by atoms with Gasteiger partial charge in [-0.25, -0.2) is 10.0 Å². The van der Waals surface area contributed by atoms with Crippen LogP contribution < -0.4 is 5.01 Å². The van der Waals surface area contributed by atoms with Gasteiger partial charge in [-0.2, -0.15) is 0 Å². The Morgan fingerprint density at radius 2 is 2.16 bits per heavy atom. The maximum atomic E-state index is 13.1. The van der Waals surface area contributed by atoms with Crippen LogP contribution in [-0.2, 0) is 9.59 Å². The normalized spacial score (nSPS) is 16.7. The summed E-state index contributed by atoms with van der Waals surface area (Å²) >= 11 is 7.09. The Morgan fingerprint density at radius 1 is 1.44 bits per heavy atom. The first-order chi connectivity index (χ1) is 11.8. The highest BCUT2D eigenvalue weighted by Gasteiger charge is 2.47. The van der Waals surface area contributed by atoms with Crippen LogP contribution in [0.4, 0.5) is 5.69 Å². The average molecular weight is 378 g/mol. The minimum atomic E-state index is -1.04. The highest BCUT2D eigenvalue weighted by atomic mass is 35.5. The number of ketones is 1. The molecule has 3 heterocycles. The number of anilines is 1. The summed E-state index contributed by atoms with van der Waals surface area (Å²) in [6.07, 6.45) is 3.62. The minimum absolute atomic E-state index is 0.349. The number of carbonyl (C=O) groups excluding carboxylic acids is 3. The molecule has 0 radical (unpaired) electrons. The zero-order valence-corrected chi connectivity index (χ0v) is 15.5. The highest BCUT2D eigenvalue weighted by molar-refractivity contribution is 7.12. The van der Waals surface area contributed by atoms with Crippen molar-refractivity contribution < 1.29 is 14.4 Å². The first-order valence-corrected chi connectivity index (χ1v) is 8.82. The predicted octanol–water partition coefficient (Wildman–Crippen LogP) is 3.28. The molecule has 0 aromatic carbocycles. The third kappa shape index (κ3) is 2.94. The van der Waals surface area contributed by atoms with E-state index in [0.717, 1.165) is 0 Å². The molecule has 0 aliphatic carbocycles. The van der Waals surface area contributed by atoms with Gasteiger partial charge in [-0.3, -0.25) is 19.4 Å². The van der Waals surface area contributed by atoms with E-state index in [2.05, 4.69) is 4.98 Å². The summed E-state index contributed by atoms with van der Waals surface area (Å²) < 4.78 is 0. The lowest BCUT2D eigenvalue weighted by atomic mass is 9.97. The fourth-order valence-corrected chi connectivity index (χ4v) is 3.80. The van der Waals surface area contributed by atoms with Crippen LogP contribution in [0, 0.1) is 0 Å². The van der Waals surface area contributed by atoms with Crippen molar-refractivity contribution in [3.05, 3.63) is 45.4 Å². The smallest absolute Gasteiger partial charge is 0.261 e. The molecule has 1 atom stereocenters. The number of thiophene rings is 1. The quantitative estimate of drug-likeness (QED) is 0.465. The number of Topliss-reactive ketones (excluding diaryl/α,β-unsaturated/α-hetero) is 1. The Labute approximate surface area is 154 Å². The fraction of sp³-hybridized carbons (Fsp3) is 0.294. The van der Waals surface area contributed by atoms with Crippen LogP contribution in [0.2, 0.25) is 5.02 Å². The van der Waals surface area contributed by atoms with Crippen LogP contribution in [0.3, 0.4) is 0 Å². The average Bonchev–Trinajstić information content (AvgIpc) is 3.09. The van der Waals surface area contributed by atoms with Crippen LogP contribution in [0.15, 0.2) is 29.9 Å². The molecule has 130 valence electrons. The zero-order chi connectivity index (χ0) is 18.4. The lowest BCUT2D eigenvalue weighted by molar-refractivity contribution is -0.132. The number of rotatable bonds is 4. The molecular weight excluding hydrogens is 362 g/mol. The van der Waals surface area contributed by atoms with Gasteiger partial charge in [-0.15, -0.1) is 11.3 Å². The van der Waals surface area contributed by atoms with E-state index < -0.39 is 17.4 Å². The van der Waals surface area contributed by atoms with Crippen molar-refractivity contribution in [3.8, 4) is 0 Å². The molecule has 0 saturated carbocycles. The molecule has 0 spiro atoms. The Bertz CT molecular complexity index is 859. The first-order valence-electron chi connectivity index (χ1n) is 7.56. The molecule has 25 heavy (non-hydrogen) atoms. The third-order valence-electron chi connectivity index (χ3n) is 3.90. The van der Waals surface area contributed by atoms with Gasteiger partial charge in [-0.05, 0) is 32.9 Å². The number of hydrazine groups is 1. The van der Waals surface area contributed by atoms with Crippen molar-refractivity contribution >= 4 is 46.7 Å². The van der Waals surface area contributed by atoms with E-state index in [1.807, 2.05) is 20.8 Å². The van der Waals surface area contributed by atoms with E-state index in [9.17, 15) is 14.4 Å². The summed E-state index contributed by atoms with van der Waals surface area (Å²) in [4.78, 5) is 42.1. The van der Waals surface area contributed by atoms with Gasteiger partial charge in [0.1, 0.15) is 5.92 Å². The zero-order valence-electron chi connectivity index (χ0n) is 13.9. The molecular formula is C17H16ClN3O3S. The van der Waals surface area contributed by atoms with Gasteiger partial charge in [0.15, 0.2) is 5.78 Å². The van der Waals surface area contributed by atoms with Gasteiger partial charge in [-0.1, -0.05) is 11.6 Å². The van der Waals surface area contributed by atoms with Gasteiger partial charge in [0.25, 0.3) is 5.91 Å². The summed E-state index contributed by atoms with van der Waals surface area (Å²) in [6.45, 7) is 5.43. The van der Waals surface area contributed by atoms with E-state index in [1.54, 1.807) is 17.5 Å². The molecule has 8 heteroatoms. The summed E-state index contributed by atoms with van der Waals surface area (Å²) in [5, 5.41) is 4.65. The fourth-order valence-electron chi connectivity index (χ4n) is 2.75. The second-order valence-corrected chi connectivity index (χ2v) is 7.98. The summed E-state index contributed by atoms with van der Waals surface area (Å²) in [7, 11) is 0. The minimum Gasteiger partial charge on any atom is -0.292 e. The molecule has 0 fully saturated rings. The third-order valence-corrected chi connectivity index (χ3v) is 5.19. The standard InChI is InChI=1S/C17H16ClN3O3S/c1-17(2,3)20(9-22)21-12-4-5-19-7-11(12)14(16(21)24)15(23)13-6-10(18)8-25-13/h4-9,14H,1-3H3. The summed E-state index contributed by atoms with van der Waals surface area (Å²) in [6, 6.07) is 3.17. The number of halogens is 1. The Hall–Kier alpha value is -2.25. The van der Waals surface area contributed by atoms with Crippen LogP contribution in [0.1, 0.15) is 41.9 Å². The van der Waals surface area contributed by atoms with Gasteiger partial charge in [0.2, 0.25) is 6.41 Å². The maximum absolute atomic E-state index is 13.1. The van der Waals surface area contributed by atoms with Crippen LogP contribution in [-0.4, -0.2) is 33.6 Å². The van der Waals surface area contributed by atoms with Crippen molar-refractivity contribution in [2.24, 2.45) is 0 Å². The van der Waals surface area contributed by atoms with Crippen LogP contribution in [0.5, 0.6) is 0 Å². The Kier molecular flexibility index (Phi) is 4.38. The van der Waals surface area contributed by atoms with Gasteiger partial charge in [0, 0.05) is 23.3 Å². The van der Waals surface area contributed by atoms with Crippen molar-refractivity contribution in [1.29, 1.82) is 0 Å². The molecule has 1 unspecified atom stereocenters. The number of aromatic nitrogens is 1. The Morgan fingerprint density at radius 3 is 2.72 bits per heavy atom. The molecule has 0 N–H and O–H groups in total. The van der Waals surface area contributed by atoms with Gasteiger partial charge >= 0.3 is 0 Å². The number of fused-ring (bicyclic) bond motifs is 1. The lowest BCUT2D eigenvalue weighted by Gasteiger charge is -2.38. The number of carbonyl (C=O) groups is 3. The number of hydrogen-bond acceptors (Lipinski definition) is 5. The molecule has 0 bridgehead atoms. The van der Waals surface area contributed by atoms with Crippen molar-refractivity contribution in [2.75, 3.05) is 5.01 Å². The molecule has 0 saturated heterocycles. The SMILES string of the molecule is CC(C)(C)N(C=O)N1C(=O)C(C(=O)c2cc(Cl)cs2)c2cnccc21. The second kappa shape index (κ2) is 6.24. The van der Waals surface area contributed by atoms with E-state index in [1.165, 1.54) is 33.7 Å². The van der Waals surface area contributed by atoms with Crippen LogP contribution in [0.25, 0.3) is 0 Å². The summed E-state index contributed by atoms with van der Waals surface area (Å²) in [5.74, 6) is -1.86. The number of nitrogens with zero attached hydrogens (tertiary/aromatic N) is 3. The van der Waals surface area contributed by atoms with E-state index in [-0.39, 0.29) is 5.78 Å². The van der Waals surface area contributed by atoms with Crippen molar-refractivity contribution in [3.63, 3.8) is 0 Å². The monoisotopic (exact) mass is 377 g/mol. The number of hydrogen-bond donors (Lipinski definition) is 0. The maximum Gasteiger partial charge on any atom is 0.261 e. The first kappa shape index (κ1) is 17.6. The lowest BCUT2D eigenvalue weighted by Crippen LogP contribution is -2.54. The molecule has 2 aromatic rings. The van der Waals surface area contributed by atoms with Crippen molar-refractivity contribution in [2.45, 2.75) is 32.2 Å².